The smallest absolute Gasteiger partial charge is 0.131 e. The molecule has 0 spiro atoms. The van der Waals surface area contributed by atoms with Gasteiger partial charge < -0.3 is 15.0 Å². The SMILES string of the molecule is CCCCn1cnc(-c2ccc(OC)cc2)c1N. The Balaban J connectivity index is 2.24. The first kappa shape index (κ1) is 12.5. The van der Waals surface area contributed by atoms with Crippen LogP contribution in [-0.4, -0.2) is 16.7 Å². The molecule has 4 nitrogen and oxygen atoms in total. The van der Waals surface area contributed by atoms with Gasteiger partial charge in [0, 0.05) is 12.1 Å². The van der Waals surface area contributed by atoms with Crippen LogP contribution in [0.15, 0.2) is 30.6 Å². The summed E-state index contributed by atoms with van der Waals surface area (Å²) >= 11 is 0. The van der Waals surface area contributed by atoms with Gasteiger partial charge in [0.25, 0.3) is 0 Å². The Hall–Kier alpha value is -1.97. The van der Waals surface area contributed by atoms with Gasteiger partial charge in [0.2, 0.25) is 0 Å². The number of rotatable bonds is 5. The summed E-state index contributed by atoms with van der Waals surface area (Å²) in [5, 5.41) is 0. The Morgan fingerprint density at radius 1 is 1.28 bits per heavy atom. The highest BCUT2D eigenvalue weighted by molar-refractivity contribution is 5.70. The molecular formula is C14H19N3O. The molecule has 2 rings (SSSR count). The van der Waals surface area contributed by atoms with Crippen molar-refractivity contribution in [2.75, 3.05) is 12.8 Å². The number of imidazole rings is 1. The molecule has 0 aliphatic carbocycles. The number of anilines is 1. The maximum atomic E-state index is 6.12. The number of hydrogen-bond acceptors (Lipinski definition) is 3. The number of benzene rings is 1. The molecule has 2 N–H and O–H groups in total. The number of unbranched alkanes of at least 4 members (excludes halogenated alkanes) is 1. The Bertz CT molecular complexity index is 502. The van der Waals surface area contributed by atoms with Gasteiger partial charge in [-0.3, -0.25) is 0 Å². The van der Waals surface area contributed by atoms with Gasteiger partial charge >= 0.3 is 0 Å². The average Bonchev–Trinajstić information content (AvgIpc) is 2.78. The van der Waals surface area contributed by atoms with Crippen molar-refractivity contribution in [1.82, 2.24) is 9.55 Å². The van der Waals surface area contributed by atoms with Crippen LogP contribution >= 0.6 is 0 Å². The van der Waals surface area contributed by atoms with Gasteiger partial charge in [0.05, 0.1) is 13.4 Å². The number of nitrogens with two attached hydrogens (primary N) is 1. The quantitative estimate of drug-likeness (QED) is 0.881. The molecular weight excluding hydrogens is 226 g/mol. The van der Waals surface area contributed by atoms with Crippen molar-refractivity contribution in [3.8, 4) is 17.0 Å². The summed E-state index contributed by atoms with van der Waals surface area (Å²) in [6, 6.07) is 7.78. The zero-order chi connectivity index (χ0) is 13.0. The summed E-state index contributed by atoms with van der Waals surface area (Å²) in [6.07, 6.45) is 4.07. The number of aromatic nitrogens is 2. The molecule has 0 aliphatic heterocycles. The van der Waals surface area contributed by atoms with Crippen molar-refractivity contribution in [3.05, 3.63) is 30.6 Å². The minimum Gasteiger partial charge on any atom is -0.497 e. The Kier molecular flexibility index (Phi) is 3.87. The molecule has 0 radical (unpaired) electrons. The van der Waals surface area contributed by atoms with E-state index in [4.69, 9.17) is 10.5 Å². The van der Waals surface area contributed by atoms with Gasteiger partial charge in [0.15, 0.2) is 0 Å². The van der Waals surface area contributed by atoms with E-state index in [1.807, 2.05) is 35.2 Å². The summed E-state index contributed by atoms with van der Waals surface area (Å²) in [7, 11) is 1.66. The van der Waals surface area contributed by atoms with Crippen molar-refractivity contribution < 1.29 is 4.74 Å². The van der Waals surface area contributed by atoms with Crippen LogP contribution in [0, 0.1) is 0 Å². The molecule has 0 aliphatic rings. The average molecular weight is 245 g/mol. The third kappa shape index (κ3) is 2.47. The van der Waals surface area contributed by atoms with Gasteiger partial charge in [-0.05, 0) is 30.7 Å². The molecule has 0 amide bonds. The molecule has 0 bridgehead atoms. The highest BCUT2D eigenvalue weighted by atomic mass is 16.5. The maximum absolute atomic E-state index is 6.12. The fraction of sp³-hybridized carbons (Fsp3) is 0.357. The minimum absolute atomic E-state index is 0.730. The zero-order valence-electron chi connectivity index (χ0n) is 10.9. The van der Waals surface area contributed by atoms with E-state index in [0.717, 1.165) is 42.2 Å². The van der Waals surface area contributed by atoms with E-state index in [2.05, 4.69) is 11.9 Å². The van der Waals surface area contributed by atoms with Crippen LogP contribution < -0.4 is 10.5 Å². The summed E-state index contributed by atoms with van der Waals surface area (Å²) in [4.78, 5) is 4.39. The first-order chi connectivity index (χ1) is 8.76. The Morgan fingerprint density at radius 2 is 2.00 bits per heavy atom. The lowest BCUT2D eigenvalue weighted by molar-refractivity contribution is 0.415. The van der Waals surface area contributed by atoms with Gasteiger partial charge in [0.1, 0.15) is 17.3 Å². The second-order valence-electron chi connectivity index (χ2n) is 4.25. The molecule has 0 fully saturated rings. The summed E-state index contributed by atoms with van der Waals surface area (Å²) in [6.45, 7) is 3.09. The van der Waals surface area contributed by atoms with E-state index in [-0.39, 0.29) is 0 Å². The van der Waals surface area contributed by atoms with Gasteiger partial charge in [-0.15, -0.1) is 0 Å². The maximum Gasteiger partial charge on any atom is 0.131 e. The predicted octanol–water partition coefficient (Wildman–Crippen LogP) is 2.94. The number of hydrogen-bond donors (Lipinski definition) is 1. The zero-order valence-corrected chi connectivity index (χ0v) is 10.9. The van der Waals surface area contributed by atoms with Crippen molar-refractivity contribution in [1.29, 1.82) is 0 Å². The topological polar surface area (TPSA) is 53.1 Å². The number of methoxy groups -OCH3 is 1. The molecule has 1 aromatic heterocycles. The van der Waals surface area contributed by atoms with E-state index in [9.17, 15) is 0 Å². The van der Waals surface area contributed by atoms with E-state index in [0.29, 0.717) is 0 Å². The number of ether oxygens (including phenoxy) is 1. The van der Waals surface area contributed by atoms with E-state index in [1.165, 1.54) is 0 Å². The molecule has 2 aromatic rings. The highest BCUT2D eigenvalue weighted by Gasteiger charge is 2.09. The molecule has 96 valence electrons. The number of nitrogen functional groups attached to an aromatic ring is 1. The molecule has 0 saturated carbocycles. The van der Waals surface area contributed by atoms with Crippen LogP contribution in [0.4, 0.5) is 5.82 Å². The van der Waals surface area contributed by atoms with E-state index in [1.54, 1.807) is 7.11 Å². The van der Waals surface area contributed by atoms with E-state index < -0.39 is 0 Å². The number of nitrogens with zero attached hydrogens (tertiary/aromatic N) is 2. The highest BCUT2D eigenvalue weighted by Crippen LogP contribution is 2.26. The molecule has 4 heteroatoms. The van der Waals surface area contributed by atoms with Crippen LogP contribution in [0.1, 0.15) is 19.8 Å². The lowest BCUT2D eigenvalue weighted by Crippen LogP contribution is -2.01. The monoisotopic (exact) mass is 245 g/mol. The second kappa shape index (κ2) is 5.58. The summed E-state index contributed by atoms with van der Waals surface area (Å²) < 4.78 is 7.14. The summed E-state index contributed by atoms with van der Waals surface area (Å²) in [5.41, 5.74) is 7.97. The van der Waals surface area contributed by atoms with Crippen LogP contribution in [0.25, 0.3) is 11.3 Å². The Labute approximate surface area is 107 Å². The van der Waals surface area contributed by atoms with Gasteiger partial charge in [-0.2, -0.15) is 0 Å². The summed E-state index contributed by atoms with van der Waals surface area (Å²) in [5.74, 6) is 1.57. The molecule has 18 heavy (non-hydrogen) atoms. The van der Waals surface area contributed by atoms with Crippen LogP contribution in [0.3, 0.4) is 0 Å². The lowest BCUT2D eigenvalue weighted by Gasteiger charge is -2.05. The van der Waals surface area contributed by atoms with Crippen molar-refractivity contribution in [2.24, 2.45) is 0 Å². The van der Waals surface area contributed by atoms with E-state index >= 15 is 0 Å². The largest absolute Gasteiger partial charge is 0.497 e. The molecule has 0 saturated heterocycles. The minimum atomic E-state index is 0.730. The molecule has 1 heterocycles. The first-order valence-corrected chi connectivity index (χ1v) is 6.21. The molecule has 0 unspecified atom stereocenters. The third-order valence-corrected chi connectivity index (χ3v) is 2.99. The first-order valence-electron chi connectivity index (χ1n) is 6.21. The van der Waals surface area contributed by atoms with Gasteiger partial charge in [-0.1, -0.05) is 13.3 Å². The predicted molar refractivity (Wildman–Crippen MR) is 73.5 cm³/mol. The fourth-order valence-electron chi connectivity index (χ4n) is 1.87. The van der Waals surface area contributed by atoms with Crippen LogP contribution in [0.5, 0.6) is 5.75 Å². The van der Waals surface area contributed by atoms with Crippen molar-refractivity contribution >= 4 is 5.82 Å². The van der Waals surface area contributed by atoms with Crippen molar-refractivity contribution in [2.45, 2.75) is 26.3 Å². The molecule has 1 aromatic carbocycles. The van der Waals surface area contributed by atoms with Gasteiger partial charge in [-0.25, -0.2) is 4.98 Å². The number of aryl methyl sites for hydroxylation is 1. The lowest BCUT2D eigenvalue weighted by atomic mass is 10.1. The standard InChI is InChI=1S/C14H19N3O/c1-3-4-9-17-10-16-13(14(17)15)11-5-7-12(18-2)8-6-11/h5-8,10H,3-4,9,15H2,1-2H3. The second-order valence-corrected chi connectivity index (χ2v) is 4.25. The van der Waals surface area contributed by atoms with Crippen molar-refractivity contribution in [3.63, 3.8) is 0 Å². The Morgan fingerprint density at radius 3 is 2.61 bits per heavy atom. The third-order valence-electron chi connectivity index (χ3n) is 2.99. The van der Waals surface area contributed by atoms with Crippen LogP contribution in [-0.2, 0) is 6.54 Å². The molecule has 0 atom stereocenters. The fourth-order valence-corrected chi connectivity index (χ4v) is 1.87. The normalized spacial score (nSPS) is 10.6. The van der Waals surface area contributed by atoms with Crippen LogP contribution in [0.2, 0.25) is 0 Å².